The van der Waals surface area contributed by atoms with Crippen LogP contribution in [0.3, 0.4) is 0 Å². The Balaban J connectivity index is 1.46. The van der Waals surface area contributed by atoms with Crippen LogP contribution in [0.5, 0.6) is 11.5 Å². The summed E-state index contributed by atoms with van der Waals surface area (Å²) in [5.74, 6) is 1.36. The Morgan fingerprint density at radius 1 is 0.909 bits per heavy atom. The first-order valence-electron chi connectivity index (χ1n) is 18.0. The first-order chi connectivity index (χ1) is 26.6. The number of ether oxygens (including phenoxy) is 4. The van der Waals surface area contributed by atoms with Crippen LogP contribution < -0.4 is 9.47 Å². The number of rotatable bonds is 17. The van der Waals surface area contributed by atoms with Crippen LogP contribution >= 0.6 is 20.1 Å². The Bertz CT molecular complexity index is 1980. The molecular weight excluding hydrogens is 746 g/mol. The molecule has 0 N–H and O–H groups in total. The predicted octanol–water partition coefficient (Wildman–Crippen LogP) is 8.40. The first kappa shape index (κ1) is 40.4. The number of imidazole rings is 1. The highest BCUT2D eigenvalue weighted by molar-refractivity contribution is 7.44. The van der Waals surface area contributed by atoms with E-state index in [0.717, 1.165) is 16.7 Å². The fourth-order valence-corrected chi connectivity index (χ4v) is 8.81. The second kappa shape index (κ2) is 18.1. The van der Waals surface area contributed by atoms with Crippen molar-refractivity contribution in [1.82, 2.24) is 24.2 Å². The summed E-state index contributed by atoms with van der Waals surface area (Å²) >= 11 is 6.34. The van der Waals surface area contributed by atoms with Crippen LogP contribution in [0.15, 0.2) is 91.5 Å². The van der Waals surface area contributed by atoms with Crippen LogP contribution in [-0.4, -0.2) is 82.1 Å². The minimum Gasteiger partial charge on any atom is -0.497 e. The Morgan fingerprint density at radius 2 is 1.51 bits per heavy atom. The maximum absolute atomic E-state index is 17.3. The van der Waals surface area contributed by atoms with Gasteiger partial charge in [0.2, 0.25) is 0 Å². The Kier molecular flexibility index (Phi) is 13.3. The second-order valence-electron chi connectivity index (χ2n) is 13.4. The second-order valence-corrected chi connectivity index (χ2v) is 15.2. The lowest BCUT2D eigenvalue weighted by molar-refractivity contribution is -0.0919. The number of hydrogen-bond acceptors (Lipinski definition) is 11. The van der Waals surface area contributed by atoms with Gasteiger partial charge in [-0.25, -0.2) is 24.0 Å². The molecule has 0 spiro atoms. The van der Waals surface area contributed by atoms with Crippen LogP contribution in [0.1, 0.15) is 57.0 Å². The van der Waals surface area contributed by atoms with Crippen LogP contribution in [0.4, 0.5) is 4.39 Å². The minimum absolute atomic E-state index is 0.0219. The summed E-state index contributed by atoms with van der Waals surface area (Å²) in [4.78, 5) is 12.8. The Morgan fingerprint density at radius 3 is 2.07 bits per heavy atom. The van der Waals surface area contributed by atoms with Crippen LogP contribution in [0, 0.1) is 11.3 Å². The van der Waals surface area contributed by atoms with E-state index < -0.39 is 38.7 Å². The SMILES string of the molecule is COc1ccc(C(OC[C@H]2O[C@@H](n3cnc4c(Cl)ncnc43)[C@@H](F)C2OP(OCCC#N)N(C(C)C)C(C)C)(c2ccccc2)c2ccc(OC)cc2)cc1. The van der Waals surface area contributed by atoms with Gasteiger partial charge in [-0.15, -0.1) is 0 Å². The molecule has 0 aliphatic carbocycles. The van der Waals surface area contributed by atoms with Crippen molar-refractivity contribution in [2.24, 2.45) is 0 Å². The van der Waals surface area contributed by atoms with E-state index in [-0.39, 0.29) is 36.9 Å². The zero-order valence-electron chi connectivity index (χ0n) is 31.6. The van der Waals surface area contributed by atoms with E-state index in [1.165, 1.54) is 17.2 Å². The molecule has 3 aromatic carbocycles. The fourth-order valence-electron chi connectivity index (χ4n) is 6.87. The summed E-state index contributed by atoms with van der Waals surface area (Å²) in [5.41, 5.74) is 1.83. The molecular formula is C40H45ClFN6O6P. The van der Waals surface area contributed by atoms with Crippen LogP contribution in [-0.2, 0) is 24.1 Å². The minimum atomic E-state index is -1.87. The zero-order chi connectivity index (χ0) is 39.1. The quantitative estimate of drug-likeness (QED) is 0.0390. The third-order valence-corrected chi connectivity index (χ3v) is 11.8. The number of hydrogen-bond donors (Lipinski definition) is 0. The molecule has 1 saturated heterocycles. The van der Waals surface area contributed by atoms with E-state index in [9.17, 15) is 5.26 Å². The highest BCUT2D eigenvalue weighted by atomic mass is 35.5. The number of fused-ring (bicyclic) bond motifs is 1. The van der Waals surface area contributed by atoms with E-state index in [1.54, 1.807) is 14.2 Å². The summed E-state index contributed by atoms with van der Waals surface area (Å²) in [6, 6.07) is 27.2. The first-order valence-corrected chi connectivity index (χ1v) is 19.5. The maximum atomic E-state index is 17.3. The fraction of sp³-hybridized carbons (Fsp3) is 0.400. The van der Waals surface area contributed by atoms with Gasteiger partial charge in [-0.3, -0.25) is 4.57 Å². The highest BCUT2D eigenvalue weighted by Gasteiger charge is 2.51. The number of aromatic nitrogens is 4. The predicted molar refractivity (Wildman–Crippen MR) is 207 cm³/mol. The third kappa shape index (κ3) is 8.47. The van der Waals surface area contributed by atoms with Crippen molar-refractivity contribution in [3.63, 3.8) is 0 Å². The van der Waals surface area contributed by atoms with Crippen molar-refractivity contribution >= 4 is 31.3 Å². The molecule has 55 heavy (non-hydrogen) atoms. The summed E-state index contributed by atoms with van der Waals surface area (Å²) in [7, 11) is 1.36. The maximum Gasteiger partial charge on any atom is 0.259 e. The van der Waals surface area contributed by atoms with Gasteiger partial charge in [0.1, 0.15) is 41.2 Å². The van der Waals surface area contributed by atoms with Crippen molar-refractivity contribution < 1.29 is 32.4 Å². The number of methoxy groups -OCH3 is 2. The molecule has 6 rings (SSSR count). The largest absolute Gasteiger partial charge is 0.497 e. The summed E-state index contributed by atoms with van der Waals surface area (Å²) in [6.45, 7) is 8.07. The number of nitriles is 1. The van der Waals surface area contributed by atoms with E-state index in [2.05, 4.69) is 21.0 Å². The average molecular weight is 791 g/mol. The summed E-state index contributed by atoms with van der Waals surface area (Å²) in [6.07, 6.45) is -2.24. The van der Waals surface area contributed by atoms with Gasteiger partial charge in [-0.2, -0.15) is 5.26 Å². The van der Waals surface area contributed by atoms with Gasteiger partial charge >= 0.3 is 0 Å². The molecule has 1 fully saturated rings. The van der Waals surface area contributed by atoms with Crippen molar-refractivity contribution in [2.75, 3.05) is 27.4 Å². The molecule has 5 aromatic rings. The normalized spacial score (nSPS) is 19.3. The van der Waals surface area contributed by atoms with Gasteiger partial charge in [0.25, 0.3) is 8.53 Å². The van der Waals surface area contributed by atoms with Crippen molar-refractivity contribution in [3.8, 4) is 17.6 Å². The highest BCUT2D eigenvalue weighted by Crippen LogP contribution is 2.51. The molecule has 0 radical (unpaired) electrons. The molecule has 3 heterocycles. The standard InChI is InChI=1S/C40H45ClFN6O6P/c1-26(2)48(27(3)4)55(52-22-10-21-43)54-36-33(53-39(34(36)42)47-25-46-35-37(41)44-24-45-38(35)47)23-51-40(28-11-8-7-9-12-28,29-13-17-31(49-5)18-14-29)30-15-19-32(50-6)20-16-30/h7-9,11-20,24-27,33-34,36,39H,10,22-23H2,1-6H3/t33-,34+,36?,39-,55?/m1/s1. The van der Waals surface area contributed by atoms with Crippen LogP contribution in [0.25, 0.3) is 11.2 Å². The third-order valence-electron chi connectivity index (χ3n) is 9.37. The molecule has 2 unspecified atom stereocenters. The zero-order valence-corrected chi connectivity index (χ0v) is 33.2. The number of alkyl halides is 1. The molecule has 2 aromatic heterocycles. The molecule has 1 aliphatic heterocycles. The van der Waals surface area contributed by atoms with Gasteiger partial charge in [0, 0.05) is 12.1 Å². The molecule has 1 aliphatic rings. The lowest BCUT2D eigenvalue weighted by Crippen LogP contribution is -2.41. The van der Waals surface area contributed by atoms with E-state index in [4.69, 9.17) is 39.6 Å². The van der Waals surface area contributed by atoms with Gasteiger partial charge in [-0.1, -0.05) is 66.2 Å². The van der Waals surface area contributed by atoms with Gasteiger partial charge in [0.05, 0.1) is 46.3 Å². The van der Waals surface area contributed by atoms with Gasteiger partial charge < -0.3 is 28.0 Å². The monoisotopic (exact) mass is 790 g/mol. The molecule has 15 heteroatoms. The van der Waals surface area contributed by atoms with Gasteiger partial charge in [-0.05, 0) is 68.7 Å². The number of benzene rings is 3. The van der Waals surface area contributed by atoms with Gasteiger partial charge in [0.15, 0.2) is 23.2 Å². The number of nitrogens with zero attached hydrogens (tertiary/aromatic N) is 6. The molecule has 5 atom stereocenters. The van der Waals surface area contributed by atoms with Crippen molar-refractivity contribution in [2.45, 2.75) is 76.4 Å². The van der Waals surface area contributed by atoms with E-state index in [1.807, 2.05) is 111 Å². The van der Waals surface area contributed by atoms with E-state index >= 15 is 4.39 Å². The topological polar surface area (TPSA) is 126 Å². The van der Waals surface area contributed by atoms with E-state index in [0.29, 0.717) is 22.7 Å². The average Bonchev–Trinajstić information content (AvgIpc) is 3.76. The summed E-state index contributed by atoms with van der Waals surface area (Å²) in [5, 5.41) is 9.46. The van der Waals surface area contributed by atoms with Crippen molar-refractivity contribution in [3.05, 3.63) is 113 Å². The Hall–Kier alpha value is -4.25. The molecule has 290 valence electrons. The molecule has 0 bridgehead atoms. The smallest absolute Gasteiger partial charge is 0.259 e. The lowest BCUT2D eigenvalue weighted by atomic mass is 9.80. The lowest BCUT2D eigenvalue weighted by Gasteiger charge is -2.39. The number of halogens is 2. The molecule has 0 saturated carbocycles. The summed E-state index contributed by atoms with van der Waals surface area (Å²) < 4.78 is 58.6. The Labute approximate surface area is 327 Å². The molecule has 0 amide bonds. The van der Waals surface area contributed by atoms with Crippen molar-refractivity contribution in [1.29, 1.82) is 5.26 Å². The van der Waals surface area contributed by atoms with Crippen LogP contribution in [0.2, 0.25) is 5.15 Å². The molecule has 12 nitrogen and oxygen atoms in total.